The quantitative estimate of drug-likeness (QED) is 0.570. The minimum Gasteiger partial charge on any atom is -0.465 e. The number of fused-ring (bicyclic) bond motifs is 1. The van der Waals surface area contributed by atoms with E-state index >= 15 is 0 Å². The van der Waals surface area contributed by atoms with E-state index < -0.39 is 0 Å². The van der Waals surface area contributed by atoms with Crippen LogP contribution in [0.25, 0.3) is 0 Å². The van der Waals surface area contributed by atoms with Gasteiger partial charge in [0.25, 0.3) is 0 Å². The van der Waals surface area contributed by atoms with Crippen molar-refractivity contribution in [1.29, 1.82) is 0 Å². The molecule has 2 aliphatic rings. The highest BCUT2D eigenvalue weighted by Crippen LogP contribution is 2.29. The molecule has 0 atom stereocenters. The molecule has 1 saturated heterocycles. The van der Waals surface area contributed by atoms with E-state index in [1.807, 2.05) is 19.1 Å². The maximum Gasteiger partial charge on any atom is 0.232 e. The third-order valence-corrected chi connectivity index (χ3v) is 5.89. The smallest absolute Gasteiger partial charge is 0.232 e. The number of furan rings is 1. The predicted molar refractivity (Wildman–Crippen MR) is 128 cm³/mol. The molecule has 0 unspecified atom stereocenters. The zero-order valence-corrected chi connectivity index (χ0v) is 18.8. The van der Waals surface area contributed by atoms with E-state index in [4.69, 9.17) is 31.3 Å². The third-order valence-electron chi connectivity index (χ3n) is 5.64. The van der Waals surface area contributed by atoms with Gasteiger partial charge in [-0.25, -0.2) is 0 Å². The first-order chi connectivity index (χ1) is 15.6. The SMILES string of the molecule is Cc1ccc(CNC(=S)Nc2nc(N3CCOCC3)cc(N3Cc4ccccc4C3)n2)o1. The van der Waals surface area contributed by atoms with Crippen molar-refractivity contribution in [2.75, 3.05) is 41.4 Å². The van der Waals surface area contributed by atoms with Gasteiger partial charge in [0.05, 0.1) is 19.8 Å². The first-order valence-electron chi connectivity index (χ1n) is 10.8. The number of thiocarbonyl (C=S) groups is 1. The number of anilines is 3. The minimum atomic E-state index is 0.453. The second kappa shape index (κ2) is 9.13. The van der Waals surface area contributed by atoms with Crippen LogP contribution in [0.1, 0.15) is 22.6 Å². The van der Waals surface area contributed by atoms with Crippen LogP contribution < -0.4 is 20.4 Å². The van der Waals surface area contributed by atoms with E-state index in [1.54, 1.807) is 0 Å². The van der Waals surface area contributed by atoms with Crippen LogP contribution in [0.4, 0.5) is 17.6 Å². The van der Waals surface area contributed by atoms with Gasteiger partial charge in [-0.2, -0.15) is 9.97 Å². The number of nitrogens with zero attached hydrogens (tertiary/aromatic N) is 4. The fourth-order valence-corrected chi connectivity index (χ4v) is 4.15. The molecule has 2 aromatic heterocycles. The molecule has 5 rings (SSSR count). The Balaban J connectivity index is 1.35. The maximum atomic E-state index is 5.59. The van der Waals surface area contributed by atoms with Crippen molar-refractivity contribution in [2.24, 2.45) is 0 Å². The molecule has 166 valence electrons. The molecule has 0 aliphatic carbocycles. The van der Waals surface area contributed by atoms with Gasteiger partial charge in [-0.1, -0.05) is 24.3 Å². The number of ether oxygens (including phenoxy) is 1. The van der Waals surface area contributed by atoms with Crippen LogP contribution in [0.5, 0.6) is 0 Å². The molecule has 4 heterocycles. The van der Waals surface area contributed by atoms with Crippen LogP contribution in [0.15, 0.2) is 46.9 Å². The fraction of sp³-hybridized carbons (Fsp3) is 0.348. The van der Waals surface area contributed by atoms with Crippen molar-refractivity contribution in [3.8, 4) is 0 Å². The van der Waals surface area contributed by atoms with Crippen LogP contribution >= 0.6 is 12.2 Å². The van der Waals surface area contributed by atoms with E-state index in [9.17, 15) is 0 Å². The number of benzene rings is 1. The molecule has 2 aliphatic heterocycles. The van der Waals surface area contributed by atoms with E-state index in [1.165, 1.54) is 11.1 Å². The monoisotopic (exact) mass is 450 g/mol. The summed E-state index contributed by atoms with van der Waals surface area (Å²) in [5, 5.41) is 6.77. The predicted octanol–water partition coefficient (Wildman–Crippen LogP) is 3.22. The zero-order valence-electron chi connectivity index (χ0n) is 18.0. The standard InChI is InChI=1S/C23H26N6O2S/c1-16-6-7-19(31-16)13-24-23(32)27-22-25-20(28-8-10-30-11-9-28)12-21(26-22)29-14-17-4-2-3-5-18(17)15-29/h2-7,12H,8-11,13-15H2,1H3,(H2,24,25,26,27,32). The van der Waals surface area contributed by atoms with Crippen molar-refractivity contribution in [1.82, 2.24) is 15.3 Å². The Morgan fingerprint density at radius 3 is 2.34 bits per heavy atom. The molecular formula is C23H26N6O2S. The van der Waals surface area contributed by atoms with Gasteiger partial charge in [-0.3, -0.25) is 0 Å². The van der Waals surface area contributed by atoms with Crippen LogP contribution in [-0.4, -0.2) is 41.4 Å². The summed E-state index contributed by atoms with van der Waals surface area (Å²) in [5.41, 5.74) is 2.67. The Kier molecular flexibility index (Phi) is 5.91. The lowest BCUT2D eigenvalue weighted by molar-refractivity contribution is 0.122. The van der Waals surface area contributed by atoms with Gasteiger partial charge in [0.1, 0.15) is 23.2 Å². The lowest BCUT2D eigenvalue weighted by Crippen LogP contribution is -2.37. The average molecular weight is 451 g/mol. The van der Waals surface area contributed by atoms with Gasteiger partial charge in [0, 0.05) is 32.2 Å². The molecule has 0 saturated carbocycles. The van der Waals surface area contributed by atoms with E-state index in [0.717, 1.165) is 49.3 Å². The molecule has 32 heavy (non-hydrogen) atoms. The lowest BCUT2D eigenvalue weighted by atomic mass is 10.1. The second-order valence-electron chi connectivity index (χ2n) is 7.95. The van der Waals surface area contributed by atoms with Gasteiger partial charge >= 0.3 is 0 Å². The van der Waals surface area contributed by atoms with Crippen LogP contribution in [0, 0.1) is 6.92 Å². The molecule has 0 spiro atoms. The first-order valence-corrected chi connectivity index (χ1v) is 11.2. The highest BCUT2D eigenvalue weighted by molar-refractivity contribution is 7.80. The van der Waals surface area contributed by atoms with Crippen molar-refractivity contribution in [2.45, 2.75) is 26.6 Å². The molecule has 8 nitrogen and oxygen atoms in total. The lowest BCUT2D eigenvalue weighted by Gasteiger charge is -2.29. The number of aryl methyl sites for hydroxylation is 1. The Hall–Kier alpha value is -3.17. The highest BCUT2D eigenvalue weighted by atomic mass is 32.1. The molecule has 1 fully saturated rings. The molecular weight excluding hydrogens is 424 g/mol. The van der Waals surface area contributed by atoms with Crippen molar-refractivity contribution >= 4 is 34.9 Å². The summed E-state index contributed by atoms with van der Waals surface area (Å²) in [6.45, 7) is 7.07. The third kappa shape index (κ3) is 4.68. The number of nitrogens with one attached hydrogen (secondary N) is 2. The van der Waals surface area contributed by atoms with E-state index in [-0.39, 0.29) is 0 Å². The largest absolute Gasteiger partial charge is 0.465 e. The van der Waals surface area contributed by atoms with Crippen LogP contribution in [0.3, 0.4) is 0 Å². The number of hydrogen-bond acceptors (Lipinski definition) is 7. The van der Waals surface area contributed by atoms with Crippen molar-refractivity contribution in [3.05, 3.63) is 65.1 Å². The van der Waals surface area contributed by atoms with Crippen LogP contribution in [0.2, 0.25) is 0 Å². The summed E-state index contributed by atoms with van der Waals surface area (Å²) >= 11 is 5.49. The van der Waals surface area contributed by atoms with Crippen molar-refractivity contribution in [3.63, 3.8) is 0 Å². The summed E-state index contributed by atoms with van der Waals surface area (Å²) in [6, 6.07) is 14.4. The fourth-order valence-electron chi connectivity index (χ4n) is 3.98. The summed E-state index contributed by atoms with van der Waals surface area (Å²) < 4.78 is 11.1. The maximum absolute atomic E-state index is 5.59. The molecule has 1 aromatic carbocycles. The molecule has 9 heteroatoms. The Labute approximate surface area is 192 Å². The summed E-state index contributed by atoms with van der Waals surface area (Å²) in [7, 11) is 0. The van der Waals surface area contributed by atoms with Gasteiger partial charge in [0.15, 0.2) is 5.11 Å². The molecule has 2 N–H and O–H groups in total. The molecule has 0 radical (unpaired) electrons. The number of rotatable bonds is 5. The molecule has 0 amide bonds. The van der Waals surface area contributed by atoms with E-state index in [2.05, 4.69) is 50.8 Å². The summed E-state index contributed by atoms with van der Waals surface area (Å²) in [4.78, 5) is 14.0. The summed E-state index contributed by atoms with van der Waals surface area (Å²) in [5.74, 6) is 3.93. The topological polar surface area (TPSA) is 78.7 Å². The zero-order chi connectivity index (χ0) is 21.9. The van der Waals surface area contributed by atoms with Gasteiger partial charge in [-0.15, -0.1) is 0 Å². The Morgan fingerprint density at radius 2 is 1.69 bits per heavy atom. The first kappa shape index (κ1) is 20.7. The summed E-state index contributed by atoms with van der Waals surface area (Å²) in [6.07, 6.45) is 0. The van der Waals surface area contributed by atoms with Gasteiger partial charge in [-0.05, 0) is 42.4 Å². The second-order valence-corrected chi connectivity index (χ2v) is 8.36. The number of aromatic nitrogens is 2. The minimum absolute atomic E-state index is 0.453. The van der Waals surface area contributed by atoms with Gasteiger partial charge < -0.3 is 29.6 Å². The van der Waals surface area contributed by atoms with Gasteiger partial charge in [0.2, 0.25) is 5.95 Å². The highest BCUT2D eigenvalue weighted by Gasteiger charge is 2.23. The number of hydrogen-bond donors (Lipinski definition) is 2. The Bertz CT molecular complexity index is 1090. The van der Waals surface area contributed by atoms with Crippen molar-refractivity contribution < 1.29 is 9.15 Å². The molecule has 0 bridgehead atoms. The van der Waals surface area contributed by atoms with E-state index in [0.29, 0.717) is 30.8 Å². The normalized spacial score (nSPS) is 15.5. The Morgan fingerprint density at radius 1 is 1.00 bits per heavy atom. The average Bonchev–Trinajstić information content (AvgIpc) is 3.44. The molecule has 3 aromatic rings. The van der Waals surface area contributed by atoms with Crippen LogP contribution in [-0.2, 0) is 24.4 Å². The number of morpholine rings is 1.